The molecular weight excluding hydrogens is 304 g/mol. The smallest absolute Gasteiger partial charge is 0.223 e. The Morgan fingerprint density at radius 2 is 1.86 bits per heavy atom. The third kappa shape index (κ3) is 5.73. The lowest BCUT2D eigenvalue weighted by molar-refractivity contribution is -0.126. The Bertz CT molecular complexity index is 447. The van der Waals surface area contributed by atoms with Crippen molar-refractivity contribution in [2.45, 2.75) is 25.9 Å². The van der Waals surface area contributed by atoms with Gasteiger partial charge in [-0.3, -0.25) is 4.79 Å². The summed E-state index contributed by atoms with van der Waals surface area (Å²) in [5.41, 5.74) is 0. The van der Waals surface area contributed by atoms with Gasteiger partial charge in [-0.25, -0.2) is 0 Å². The number of ether oxygens (including phenoxy) is 2. The zero-order chi connectivity index (χ0) is 15.1. The molecule has 22 heavy (non-hydrogen) atoms. The maximum atomic E-state index is 12.0. The number of hydrogen-bond acceptors (Lipinski definition) is 4. The molecule has 5 nitrogen and oxygen atoms in total. The fourth-order valence-corrected chi connectivity index (χ4v) is 2.40. The highest BCUT2D eigenvalue weighted by Gasteiger charge is 2.21. The highest BCUT2D eigenvalue weighted by atomic mass is 35.5. The van der Waals surface area contributed by atoms with Crippen molar-refractivity contribution in [2.24, 2.45) is 5.92 Å². The van der Waals surface area contributed by atoms with Gasteiger partial charge < -0.3 is 20.1 Å². The number of carbonyl (C=O) groups is 1. The van der Waals surface area contributed by atoms with Crippen molar-refractivity contribution >= 4 is 18.3 Å². The van der Waals surface area contributed by atoms with Gasteiger partial charge in [0, 0.05) is 5.92 Å². The van der Waals surface area contributed by atoms with E-state index < -0.39 is 0 Å². The zero-order valence-electron chi connectivity index (χ0n) is 13.1. The minimum atomic E-state index is -0.0657. The van der Waals surface area contributed by atoms with Crippen molar-refractivity contribution in [3.8, 4) is 11.5 Å². The number of amides is 1. The van der Waals surface area contributed by atoms with Gasteiger partial charge in [0.25, 0.3) is 0 Å². The lowest BCUT2D eigenvalue weighted by Gasteiger charge is -2.23. The SMILES string of the molecule is COc1ccc(OC(C)CNC(=O)C2CCNCC2)cc1.Cl. The van der Waals surface area contributed by atoms with E-state index in [-0.39, 0.29) is 30.3 Å². The second-order valence-electron chi connectivity index (χ2n) is 5.37. The Labute approximate surface area is 138 Å². The summed E-state index contributed by atoms with van der Waals surface area (Å²) in [7, 11) is 1.63. The zero-order valence-corrected chi connectivity index (χ0v) is 13.9. The molecule has 6 heteroatoms. The van der Waals surface area contributed by atoms with Crippen molar-refractivity contribution in [1.82, 2.24) is 10.6 Å². The first-order valence-corrected chi connectivity index (χ1v) is 7.48. The molecule has 1 atom stereocenters. The van der Waals surface area contributed by atoms with Crippen LogP contribution in [-0.4, -0.2) is 38.8 Å². The molecule has 0 radical (unpaired) electrons. The van der Waals surface area contributed by atoms with Gasteiger partial charge in [-0.15, -0.1) is 12.4 Å². The molecule has 0 saturated carbocycles. The third-order valence-electron chi connectivity index (χ3n) is 3.67. The molecular formula is C16H25ClN2O3. The summed E-state index contributed by atoms with van der Waals surface area (Å²) in [5.74, 6) is 1.86. The van der Waals surface area contributed by atoms with E-state index >= 15 is 0 Å². The molecule has 2 rings (SSSR count). The second-order valence-corrected chi connectivity index (χ2v) is 5.37. The fraction of sp³-hybridized carbons (Fsp3) is 0.562. The summed E-state index contributed by atoms with van der Waals surface area (Å²) < 4.78 is 10.9. The second kappa shape index (κ2) is 9.54. The van der Waals surface area contributed by atoms with Crippen LogP contribution < -0.4 is 20.1 Å². The average molecular weight is 329 g/mol. The standard InChI is InChI=1S/C16H24N2O3.ClH/c1-12(21-15-5-3-14(20-2)4-6-15)11-18-16(19)13-7-9-17-10-8-13;/h3-6,12-13,17H,7-11H2,1-2H3,(H,18,19);1H. The number of piperidine rings is 1. The minimum Gasteiger partial charge on any atom is -0.497 e. The van der Waals surface area contributed by atoms with Gasteiger partial charge in [0.2, 0.25) is 5.91 Å². The summed E-state index contributed by atoms with van der Waals surface area (Å²) in [5, 5.41) is 6.24. The van der Waals surface area contributed by atoms with E-state index in [0.29, 0.717) is 6.54 Å². The van der Waals surface area contributed by atoms with Crippen LogP contribution in [0.25, 0.3) is 0 Å². The van der Waals surface area contributed by atoms with Gasteiger partial charge in [-0.05, 0) is 57.1 Å². The van der Waals surface area contributed by atoms with Crippen molar-refractivity contribution < 1.29 is 14.3 Å². The lowest BCUT2D eigenvalue weighted by Crippen LogP contribution is -2.41. The first-order valence-electron chi connectivity index (χ1n) is 7.48. The van der Waals surface area contributed by atoms with E-state index in [9.17, 15) is 4.79 Å². The van der Waals surface area contributed by atoms with Crippen LogP contribution in [0.1, 0.15) is 19.8 Å². The molecule has 0 aromatic heterocycles. The Kier molecular flexibility index (Phi) is 8.06. The summed E-state index contributed by atoms with van der Waals surface area (Å²) in [6.07, 6.45) is 1.77. The first kappa shape index (κ1) is 18.6. The van der Waals surface area contributed by atoms with E-state index in [0.717, 1.165) is 37.4 Å². The van der Waals surface area contributed by atoms with E-state index in [4.69, 9.17) is 9.47 Å². The van der Waals surface area contributed by atoms with E-state index in [2.05, 4.69) is 10.6 Å². The largest absolute Gasteiger partial charge is 0.497 e. The number of nitrogens with one attached hydrogen (secondary N) is 2. The fourth-order valence-electron chi connectivity index (χ4n) is 2.40. The Balaban J connectivity index is 0.00000242. The number of carbonyl (C=O) groups excluding carboxylic acids is 1. The van der Waals surface area contributed by atoms with E-state index in [1.54, 1.807) is 7.11 Å². The van der Waals surface area contributed by atoms with Gasteiger partial charge in [0.1, 0.15) is 17.6 Å². The highest BCUT2D eigenvalue weighted by Crippen LogP contribution is 2.18. The molecule has 1 aliphatic rings. The van der Waals surface area contributed by atoms with Crippen LogP contribution in [0.3, 0.4) is 0 Å². The van der Waals surface area contributed by atoms with Crippen molar-refractivity contribution in [1.29, 1.82) is 0 Å². The highest BCUT2D eigenvalue weighted by molar-refractivity contribution is 5.85. The molecule has 1 heterocycles. The predicted molar refractivity (Wildman–Crippen MR) is 88.9 cm³/mol. The van der Waals surface area contributed by atoms with Crippen LogP contribution in [0.2, 0.25) is 0 Å². The molecule has 0 bridgehead atoms. The topological polar surface area (TPSA) is 59.6 Å². The average Bonchev–Trinajstić information content (AvgIpc) is 2.54. The van der Waals surface area contributed by atoms with Gasteiger partial charge in [0.05, 0.1) is 13.7 Å². The number of benzene rings is 1. The molecule has 0 spiro atoms. The van der Waals surface area contributed by atoms with Crippen molar-refractivity contribution in [3.05, 3.63) is 24.3 Å². The molecule has 0 aliphatic carbocycles. The Morgan fingerprint density at radius 3 is 2.45 bits per heavy atom. The monoisotopic (exact) mass is 328 g/mol. The molecule has 1 unspecified atom stereocenters. The summed E-state index contributed by atoms with van der Waals surface area (Å²) in [6, 6.07) is 7.44. The van der Waals surface area contributed by atoms with E-state index in [1.165, 1.54) is 0 Å². The molecule has 1 saturated heterocycles. The van der Waals surface area contributed by atoms with Gasteiger partial charge in [-0.2, -0.15) is 0 Å². The molecule has 1 aliphatic heterocycles. The number of rotatable bonds is 6. The molecule has 1 aromatic rings. The van der Waals surface area contributed by atoms with Crippen LogP contribution >= 0.6 is 12.4 Å². The summed E-state index contributed by atoms with van der Waals surface area (Å²) in [4.78, 5) is 12.0. The molecule has 2 N–H and O–H groups in total. The maximum absolute atomic E-state index is 12.0. The Hall–Kier alpha value is -1.46. The van der Waals surface area contributed by atoms with E-state index in [1.807, 2.05) is 31.2 Å². The van der Waals surface area contributed by atoms with Crippen LogP contribution in [0.5, 0.6) is 11.5 Å². The predicted octanol–water partition coefficient (Wildman–Crippen LogP) is 2.00. The lowest BCUT2D eigenvalue weighted by atomic mass is 9.97. The molecule has 1 amide bonds. The summed E-state index contributed by atoms with van der Waals surface area (Å²) >= 11 is 0. The molecule has 1 fully saturated rings. The van der Waals surface area contributed by atoms with Gasteiger partial charge in [0.15, 0.2) is 0 Å². The first-order chi connectivity index (χ1) is 10.2. The van der Waals surface area contributed by atoms with Gasteiger partial charge in [-0.1, -0.05) is 0 Å². The Morgan fingerprint density at radius 1 is 1.27 bits per heavy atom. The van der Waals surface area contributed by atoms with Crippen LogP contribution in [0, 0.1) is 5.92 Å². The van der Waals surface area contributed by atoms with Crippen LogP contribution in [-0.2, 0) is 4.79 Å². The number of halogens is 1. The number of hydrogen-bond donors (Lipinski definition) is 2. The number of methoxy groups -OCH3 is 1. The quantitative estimate of drug-likeness (QED) is 0.838. The maximum Gasteiger partial charge on any atom is 0.223 e. The summed E-state index contributed by atoms with van der Waals surface area (Å²) in [6.45, 7) is 4.33. The third-order valence-corrected chi connectivity index (χ3v) is 3.67. The van der Waals surface area contributed by atoms with Crippen LogP contribution in [0.4, 0.5) is 0 Å². The normalized spacial score (nSPS) is 16.3. The van der Waals surface area contributed by atoms with Crippen molar-refractivity contribution in [3.63, 3.8) is 0 Å². The van der Waals surface area contributed by atoms with Crippen LogP contribution in [0.15, 0.2) is 24.3 Å². The molecule has 124 valence electrons. The molecule has 1 aromatic carbocycles. The van der Waals surface area contributed by atoms with Gasteiger partial charge >= 0.3 is 0 Å². The minimum absolute atomic E-state index is 0. The van der Waals surface area contributed by atoms with Crippen molar-refractivity contribution in [2.75, 3.05) is 26.7 Å².